The Kier molecular flexibility index (Phi) is 7.70. The van der Waals surface area contributed by atoms with Gasteiger partial charge >= 0.3 is 0 Å². The van der Waals surface area contributed by atoms with E-state index in [0.717, 1.165) is 120 Å². The highest BCUT2D eigenvalue weighted by Crippen LogP contribution is 2.60. The zero-order valence-corrected chi connectivity index (χ0v) is 35.5. The van der Waals surface area contributed by atoms with Crippen molar-refractivity contribution in [2.24, 2.45) is 0 Å². The molecule has 5 nitrogen and oxygen atoms in total. The summed E-state index contributed by atoms with van der Waals surface area (Å²) in [6.45, 7) is 4.52. The molecule has 7 heteroatoms. The Morgan fingerprint density at radius 2 is 0.629 bits per heavy atom. The summed E-state index contributed by atoms with van der Waals surface area (Å²) in [5, 5.41) is 14.9. The fraction of sp³-hybridized carbons (Fsp3) is 0.0545. The van der Waals surface area contributed by atoms with Crippen molar-refractivity contribution in [1.29, 1.82) is 0 Å². The number of hydrogen-bond donors (Lipinski definition) is 0. The van der Waals surface area contributed by atoms with Crippen LogP contribution < -0.4 is 4.74 Å². The summed E-state index contributed by atoms with van der Waals surface area (Å²) < 4.78 is 35.8. The Hall–Kier alpha value is -7.16. The molecule has 0 fully saturated rings. The second-order valence-electron chi connectivity index (χ2n) is 16.6. The van der Waals surface area contributed by atoms with Crippen LogP contribution in [0.1, 0.15) is 25.0 Å². The lowest BCUT2D eigenvalue weighted by molar-refractivity contribution is 0.422. The first-order chi connectivity index (χ1) is 30.5. The van der Waals surface area contributed by atoms with Crippen LogP contribution in [-0.2, 0) is 5.41 Å². The fourth-order valence-electron chi connectivity index (χ4n) is 9.72. The molecule has 0 atom stereocenters. The Morgan fingerprint density at radius 1 is 0.323 bits per heavy atom. The SMILES string of the molecule is CC1(C)c2cccc(-p3oc4ccc5ccccc5c4c4c(ccc5ccccc54)o3)c2Oc2c(-p3oc4ccc5ccccc5c4c4c(ccc5ccccc54)o3)cccc21. The number of fused-ring (bicyclic) bond motifs is 16. The molecule has 2 aromatic heterocycles. The molecule has 0 saturated heterocycles. The topological polar surface area (TPSA) is 61.8 Å². The number of para-hydroxylation sites is 2. The smallest absolute Gasteiger partial charge is 0.256 e. The summed E-state index contributed by atoms with van der Waals surface area (Å²) in [7, 11) is -3.47. The van der Waals surface area contributed by atoms with Gasteiger partial charge in [-0.3, -0.25) is 0 Å². The van der Waals surface area contributed by atoms with Crippen LogP contribution in [0.4, 0.5) is 0 Å². The molecule has 62 heavy (non-hydrogen) atoms. The molecule has 0 unspecified atom stereocenters. The molecule has 1 aliphatic heterocycles. The van der Waals surface area contributed by atoms with Gasteiger partial charge in [0.15, 0.2) is 0 Å². The first-order valence-corrected chi connectivity index (χ1v) is 23.2. The van der Waals surface area contributed by atoms with Gasteiger partial charge in [-0.1, -0.05) is 159 Å². The van der Waals surface area contributed by atoms with Gasteiger partial charge in [0, 0.05) is 38.1 Å². The van der Waals surface area contributed by atoms with E-state index < -0.39 is 21.4 Å². The monoisotopic (exact) mass is 838 g/mol. The molecule has 296 valence electrons. The van der Waals surface area contributed by atoms with Crippen molar-refractivity contribution >= 4 is 103 Å². The van der Waals surface area contributed by atoms with Crippen LogP contribution in [-0.4, -0.2) is 0 Å². The zero-order valence-electron chi connectivity index (χ0n) is 33.8. The average Bonchev–Trinajstić information content (AvgIpc) is 3.60. The summed E-state index contributed by atoms with van der Waals surface area (Å²) in [5.74, 6) is 1.47. The molecule has 0 spiro atoms. The standard InChI is InChI=1S/C55H36O5P2/c1-55(2)41-21-11-23-47(61-57-43-29-25-33-13-3-7-17-37(33)49(43)50-38-18-8-4-14-34(38)26-30-44(50)58-61)53(41)56-54-42(55)22-12-24-48(54)62-59-45-31-27-35-15-5-9-19-39(35)51(45)52-40-20-10-6-16-36(40)28-32-46(52)60-62/h3-32H,1-2H3. The van der Waals surface area contributed by atoms with E-state index in [4.69, 9.17) is 21.5 Å². The lowest BCUT2D eigenvalue weighted by Gasteiger charge is -2.35. The third kappa shape index (κ3) is 5.23. The van der Waals surface area contributed by atoms with E-state index in [9.17, 15) is 0 Å². The zero-order chi connectivity index (χ0) is 41.1. The Bertz CT molecular complexity index is 3500. The Balaban J connectivity index is 1.08. The number of rotatable bonds is 2. The number of benzene rings is 10. The molecule has 0 radical (unpaired) electrons. The van der Waals surface area contributed by atoms with Crippen molar-refractivity contribution in [2.45, 2.75) is 19.3 Å². The molecule has 1 aliphatic rings. The second-order valence-corrected chi connectivity index (χ2v) is 19.3. The molecule has 13 rings (SSSR count). The van der Waals surface area contributed by atoms with Crippen LogP contribution >= 0.6 is 16.0 Å². The van der Waals surface area contributed by atoms with E-state index >= 15 is 0 Å². The second kappa shape index (κ2) is 13.4. The van der Waals surface area contributed by atoms with Gasteiger partial charge in [-0.15, -0.1) is 0 Å². The first kappa shape index (κ1) is 35.6. The largest absolute Gasteiger partial charge is 0.454 e. The maximum Gasteiger partial charge on any atom is 0.256 e. The summed E-state index contributed by atoms with van der Waals surface area (Å²) in [4.78, 5) is 0. The predicted octanol–water partition coefficient (Wildman–Crippen LogP) is 17.9. The van der Waals surface area contributed by atoms with Crippen LogP contribution in [0, 0.1) is 0 Å². The molecule has 0 N–H and O–H groups in total. The Morgan fingerprint density at radius 3 is 0.952 bits per heavy atom. The van der Waals surface area contributed by atoms with E-state index in [1.807, 2.05) is 0 Å². The molecule has 12 aromatic rings. The van der Waals surface area contributed by atoms with Gasteiger partial charge in [0.05, 0.1) is 0 Å². The number of hydrogen-bond acceptors (Lipinski definition) is 5. The van der Waals surface area contributed by atoms with Crippen LogP contribution in [0.15, 0.2) is 199 Å². The highest BCUT2D eigenvalue weighted by Gasteiger charge is 2.38. The maximum absolute atomic E-state index is 7.31. The van der Waals surface area contributed by atoms with Crippen molar-refractivity contribution < 1.29 is 21.5 Å². The van der Waals surface area contributed by atoms with Gasteiger partial charge in [-0.2, -0.15) is 0 Å². The highest BCUT2D eigenvalue weighted by atomic mass is 31.1. The van der Waals surface area contributed by atoms with Gasteiger partial charge in [-0.05, 0) is 79.5 Å². The maximum atomic E-state index is 7.31. The lowest BCUT2D eigenvalue weighted by atomic mass is 9.76. The van der Waals surface area contributed by atoms with Crippen LogP contribution in [0.2, 0.25) is 0 Å². The third-order valence-electron chi connectivity index (χ3n) is 12.7. The van der Waals surface area contributed by atoms with Gasteiger partial charge in [0.25, 0.3) is 16.0 Å². The van der Waals surface area contributed by atoms with E-state index in [1.165, 1.54) is 0 Å². The molecule has 10 aromatic carbocycles. The van der Waals surface area contributed by atoms with E-state index in [2.05, 4.69) is 196 Å². The molecular weight excluding hydrogens is 803 g/mol. The predicted molar refractivity (Wildman–Crippen MR) is 258 cm³/mol. The van der Waals surface area contributed by atoms with Gasteiger partial charge in [-0.25, -0.2) is 0 Å². The highest BCUT2D eigenvalue weighted by molar-refractivity contribution is 7.46. The van der Waals surface area contributed by atoms with Gasteiger partial charge in [0.1, 0.15) is 44.4 Å². The molecule has 3 heterocycles. The van der Waals surface area contributed by atoms with Crippen LogP contribution in [0.3, 0.4) is 0 Å². The van der Waals surface area contributed by atoms with Crippen LogP contribution in [0.5, 0.6) is 11.5 Å². The first-order valence-electron chi connectivity index (χ1n) is 20.8. The minimum Gasteiger partial charge on any atom is -0.454 e. The van der Waals surface area contributed by atoms with Crippen molar-refractivity contribution in [3.63, 3.8) is 0 Å². The van der Waals surface area contributed by atoms with E-state index in [-0.39, 0.29) is 0 Å². The summed E-state index contributed by atoms with van der Waals surface area (Å²) in [6, 6.07) is 63.6. The minimum absolute atomic E-state index is 0.457. The summed E-state index contributed by atoms with van der Waals surface area (Å²) in [6.07, 6.45) is 0. The molecule has 0 bridgehead atoms. The molecule has 0 amide bonds. The number of ether oxygens (including phenoxy) is 1. The van der Waals surface area contributed by atoms with E-state index in [1.54, 1.807) is 0 Å². The van der Waals surface area contributed by atoms with Crippen molar-refractivity contribution in [3.05, 3.63) is 193 Å². The molecule has 0 saturated carbocycles. The molecular formula is C55H36O5P2. The summed E-state index contributed by atoms with van der Waals surface area (Å²) in [5.41, 5.74) is 4.77. The average molecular weight is 839 g/mol. The molecule has 0 aliphatic carbocycles. The third-order valence-corrected chi connectivity index (χ3v) is 15.7. The van der Waals surface area contributed by atoms with Crippen molar-refractivity contribution in [2.75, 3.05) is 0 Å². The summed E-state index contributed by atoms with van der Waals surface area (Å²) >= 11 is 0. The quantitative estimate of drug-likeness (QED) is 0.174. The van der Waals surface area contributed by atoms with Crippen molar-refractivity contribution in [3.8, 4) is 22.1 Å². The van der Waals surface area contributed by atoms with Gasteiger partial charge in [0.2, 0.25) is 0 Å². The van der Waals surface area contributed by atoms with E-state index in [0.29, 0.717) is 0 Å². The van der Waals surface area contributed by atoms with Crippen molar-refractivity contribution in [1.82, 2.24) is 0 Å². The van der Waals surface area contributed by atoms with Crippen LogP contribution in [0.25, 0.3) is 97.6 Å². The lowest BCUT2D eigenvalue weighted by Crippen LogP contribution is -2.24. The fourth-order valence-corrected chi connectivity index (χ4v) is 12.6. The van der Waals surface area contributed by atoms with Gasteiger partial charge < -0.3 is 21.5 Å². The normalized spacial score (nSPS) is 13.3. The Labute approximate surface area is 357 Å². The minimum atomic E-state index is -1.74.